The SMILES string of the molecule is CCCC[C@@H](CC)C(=O)N(CCCOC)CC(=O)Nc1nc(C)c(C)s1. The van der Waals surface area contributed by atoms with Crippen molar-refractivity contribution in [2.45, 2.75) is 59.8 Å². The van der Waals surface area contributed by atoms with Gasteiger partial charge in [0.05, 0.1) is 12.2 Å². The molecule has 7 heteroatoms. The van der Waals surface area contributed by atoms with Gasteiger partial charge >= 0.3 is 0 Å². The van der Waals surface area contributed by atoms with Crippen LogP contribution in [0.15, 0.2) is 0 Å². The number of aromatic nitrogens is 1. The lowest BCUT2D eigenvalue weighted by Crippen LogP contribution is -2.42. The second kappa shape index (κ2) is 12.0. The van der Waals surface area contributed by atoms with Crippen molar-refractivity contribution in [2.75, 3.05) is 32.1 Å². The molecule has 0 fully saturated rings. The molecule has 1 rings (SSSR count). The monoisotopic (exact) mass is 383 g/mol. The number of hydrogen-bond acceptors (Lipinski definition) is 5. The lowest BCUT2D eigenvalue weighted by Gasteiger charge is -2.26. The molecule has 2 amide bonds. The fourth-order valence-corrected chi connectivity index (χ4v) is 3.57. The zero-order valence-corrected chi connectivity index (χ0v) is 17.6. The van der Waals surface area contributed by atoms with Gasteiger partial charge in [-0.25, -0.2) is 4.98 Å². The van der Waals surface area contributed by atoms with Gasteiger partial charge in [0.15, 0.2) is 5.13 Å². The van der Waals surface area contributed by atoms with Crippen molar-refractivity contribution in [3.63, 3.8) is 0 Å². The maximum absolute atomic E-state index is 12.9. The van der Waals surface area contributed by atoms with Gasteiger partial charge in [0.1, 0.15) is 0 Å². The Hall–Kier alpha value is -1.47. The van der Waals surface area contributed by atoms with Gasteiger partial charge in [-0.1, -0.05) is 26.7 Å². The highest BCUT2D eigenvalue weighted by Gasteiger charge is 2.24. The van der Waals surface area contributed by atoms with Crippen LogP contribution in [0.5, 0.6) is 0 Å². The second-order valence-electron chi connectivity index (χ2n) is 6.56. The number of carbonyl (C=O) groups excluding carboxylic acids is 2. The van der Waals surface area contributed by atoms with Crippen LogP contribution in [-0.4, -0.2) is 48.5 Å². The molecule has 1 atom stereocenters. The number of methoxy groups -OCH3 is 1. The summed E-state index contributed by atoms with van der Waals surface area (Å²) in [5, 5.41) is 3.41. The fraction of sp³-hybridized carbons (Fsp3) is 0.737. The predicted octanol–water partition coefficient (Wildman–Crippen LogP) is 3.78. The van der Waals surface area contributed by atoms with Crippen LogP contribution in [0.4, 0.5) is 5.13 Å². The van der Waals surface area contributed by atoms with Gasteiger partial charge in [-0.05, 0) is 33.1 Å². The molecule has 1 aromatic heterocycles. The number of nitrogens with zero attached hydrogens (tertiary/aromatic N) is 2. The minimum Gasteiger partial charge on any atom is -0.385 e. The first-order chi connectivity index (χ1) is 12.4. The number of carbonyl (C=O) groups is 2. The highest BCUT2D eigenvalue weighted by atomic mass is 32.1. The molecule has 26 heavy (non-hydrogen) atoms. The number of anilines is 1. The molecule has 0 radical (unpaired) electrons. The average Bonchev–Trinajstić information content (AvgIpc) is 2.91. The largest absolute Gasteiger partial charge is 0.385 e. The first kappa shape index (κ1) is 22.6. The molecule has 0 aliphatic carbocycles. The van der Waals surface area contributed by atoms with Gasteiger partial charge in [-0.2, -0.15) is 0 Å². The van der Waals surface area contributed by atoms with Gasteiger partial charge in [0, 0.05) is 31.1 Å². The van der Waals surface area contributed by atoms with Gasteiger partial charge in [0.2, 0.25) is 11.8 Å². The molecule has 0 aliphatic rings. The van der Waals surface area contributed by atoms with Crippen molar-refractivity contribution in [1.82, 2.24) is 9.88 Å². The third kappa shape index (κ3) is 7.41. The van der Waals surface area contributed by atoms with E-state index in [2.05, 4.69) is 17.2 Å². The molecule has 0 unspecified atom stereocenters. The standard InChI is InChI=1S/C19H33N3O3S/c1-6-8-10-16(7-2)18(24)22(11-9-12-25-5)13-17(23)21-19-20-14(3)15(4)26-19/h16H,6-13H2,1-5H3,(H,20,21,23)/t16-/m1/s1. The Bertz CT molecular complexity index is 555. The van der Waals surface area contributed by atoms with Crippen molar-refractivity contribution in [1.29, 1.82) is 0 Å². The average molecular weight is 384 g/mol. The minimum absolute atomic E-state index is 0.0188. The Morgan fingerprint density at radius 2 is 2.00 bits per heavy atom. The van der Waals surface area contributed by atoms with Crippen LogP contribution >= 0.6 is 11.3 Å². The summed E-state index contributed by atoms with van der Waals surface area (Å²) < 4.78 is 5.09. The molecule has 0 aromatic carbocycles. The third-order valence-electron chi connectivity index (χ3n) is 4.45. The number of nitrogens with one attached hydrogen (secondary N) is 1. The first-order valence-corrected chi connectivity index (χ1v) is 10.3. The number of thiazole rings is 1. The molecule has 1 aromatic rings. The smallest absolute Gasteiger partial charge is 0.245 e. The van der Waals surface area contributed by atoms with E-state index < -0.39 is 0 Å². The van der Waals surface area contributed by atoms with E-state index in [1.54, 1.807) is 12.0 Å². The van der Waals surface area contributed by atoms with Crippen LogP contribution in [0.3, 0.4) is 0 Å². The lowest BCUT2D eigenvalue weighted by molar-refractivity contribution is -0.139. The summed E-state index contributed by atoms with van der Waals surface area (Å²) in [5.41, 5.74) is 0.920. The topological polar surface area (TPSA) is 71.5 Å². The van der Waals surface area contributed by atoms with E-state index in [-0.39, 0.29) is 24.3 Å². The maximum Gasteiger partial charge on any atom is 0.245 e. The Morgan fingerprint density at radius 1 is 1.27 bits per heavy atom. The summed E-state index contributed by atoms with van der Waals surface area (Å²) >= 11 is 1.46. The summed E-state index contributed by atoms with van der Waals surface area (Å²) in [6.07, 6.45) is 4.48. The normalized spacial score (nSPS) is 12.0. The van der Waals surface area contributed by atoms with E-state index in [1.165, 1.54) is 11.3 Å². The van der Waals surface area contributed by atoms with Crippen LogP contribution in [0.1, 0.15) is 56.5 Å². The van der Waals surface area contributed by atoms with E-state index in [4.69, 9.17) is 4.74 Å². The van der Waals surface area contributed by atoms with Crippen LogP contribution in [0, 0.1) is 19.8 Å². The summed E-state index contributed by atoms with van der Waals surface area (Å²) in [5.74, 6) is -0.150. The van der Waals surface area contributed by atoms with Crippen LogP contribution in [0.25, 0.3) is 0 Å². The van der Waals surface area contributed by atoms with Crippen LogP contribution in [0.2, 0.25) is 0 Å². The summed E-state index contributed by atoms with van der Waals surface area (Å²) in [4.78, 5) is 32.4. The van der Waals surface area contributed by atoms with E-state index in [0.717, 1.165) is 42.7 Å². The van der Waals surface area contributed by atoms with Crippen molar-refractivity contribution < 1.29 is 14.3 Å². The van der Waals surface area contributed by atoms with Crippen molar-refractivity contribution in [3.8, 4) is 0 Å². The van der Waals surface area contributed by atoms with E-state index >= 15 is 0 Å². The quantitative estimate of drug-likeness (QED) is 0.558. The number of aryl methyl sites for hydroxylation is 2. The number of ether oxygens (including phenoxy) is 1. The molecule has 148 valence electrons. The van der Waals surface area contributed by atoms with Crippen molar-refractivity contribution in [3.05, 3.63) is 10.6 Å². The molecule has 0 bridgehead atoms. The highest BCUT2D eigenvalue weighted by molar-refractivity contribution is 7.15. The maximum atomic E-state index is 12.9. The molecule has 0 saturated carbocycles. The first-order valence-electron chi connectivity index (χ1n) is 9.44. The zero-order valence-electron chi connectivity index (χ0n) is 16.8. The van der Waals surface area contributed by atoms with Gasteiger partial charge in [-0.3, -0.25) is 9.59 Å². The van der Waals surface area contributed by atoms with Gasteiger partial charge < -0.3 is 15.0 Å². The molecule has 1 heterocycles. The summed E-state index contributed by atoms with van der Waals surface area (Å²) in [6.45, 7) is 9.21. The Labute approximate surface area is 161 Å². The predicted molar refractivity (Wildman–Crippen MR) is 107 cm³/mol. The summed E-state index contributed by atoms with van der Waals surface area (Å²) in [6, 6.07) is 0. The fourth-order valence-electron chi connectivity index (χ4n) is 2.74. The van der Waals surface area contributed by atoms with E-state index in [1.807, 2.05) is 20.8 Å². The van der Waals surface area contributed by atoms with Crippen molar-refractivity contribution >= 4 is 28.3 Å². The summed E-state index contributed by atoms with van der Waals surface area (Å²) in [7, 11) is 1.64. The number of amides is 2. The Kier molecular flexibility index (Phi) is 10.4. The van der Waals surface area contributed by atoms with E-state index in [9.17, 15) is 9.59 Å². The minimum atomic E-state index is -0.199. The number of unbranched alkanes of at least 4 members (excludes halogenated alkanes) is 1. The van der Waals surface area contributed by atoms with Gasteiger partial charge in [-0.15, -0.1) is 11.3 Å². The number of rotatable bonds is 12. The zero-order chi connectivity index (χ0) is 19.5. The number of hydrogen-bond donors (Lipinski definition) is 1. The molecule has 1 N–H and O–H groups in total. The van der Waals surface area contributed by atoms with E-state index in [0.29, 0.717) is 18.3 Å². The Balaban J connectivity index is 2.73. The third-order valence-corrected chi connectivity index (χ3v) is 5.43. The Morgan fingerprint density at radius 3 is 2.54 bits per heavy atom. The molecular weight excluding hydrogens is 350 g/mol. The highest BCUT2D eigenvalue weighted by Crippen LogP contribution is 2.21. The van der Waals surface area contributed by atoms with Crippen LogP contribution in [-0.2, 0) is 14.3 Å². The molecule has 6 nitrogen and oxygen atoms in total. The molecular formula is C19H33N3O3S. The van der Waals surface area contributed by atoms with Crippen LogP contribution < -0.4 is 5.32 Å². The molecule has 0 saturated heterocycles. The van der Waals surface area contributed by atoms with Crippen molar-refractivity contribution in [2.24, 2.45) is 5.92 Å². The lowest BCUT2D eigenvalue weighted by atomic mass is 9.97. The molecule has 0 aliphatic heterocycles. The molecule has 0 spiro atoms. The van der Waals surface area contributed by atoms with Gasteiger partial charge in [0.25, 0.3) is 0 Å². The second-order valence-corrected chi connectivity index (χ2v) is 7.77.